The van der Waals surface area contributed by atoms with Crippen LogP contribution in [0.4, 0.5) is 0 Å². The van der Waals surface area contributed by atoms with Crippen molar-refractivity contribution in [3.63, 3.8) is 0 Å². The van der Waals surface area contributed by atoms with Gasteiger partial charge < -0.3 is 4.74 Å². The van der Waals surface area contributed by atoms with Crippen molar-refractivity contribution in [2.24, 2.45) is 0 Å². The number of aryl methyl sites for hydroxylation is 1. The lowest BCUT2D eigenvalue weighted by Gasteiger charge is -2.55. The molecule has 0 saturated carbocycles. The molecule has 0 radical (unpaired) electrons. The van der Waals surface area contributed by atoms with E-state index in [0.29, 0.717) is 6.10 Å². The molecule has 0 aliphatic carbocycles. The van der Waals surface area contributed by atoms with Crippen LogP contribution in [-0.4, -0.2) is 29.3 Å². The highest BCUT2D eigenvalue weighted by Crippen LogP contribution is 2.40. The predicted molar refractivity (Wildman–Crippen MR) is 84.8 cm³/mol. The standard InChI is InChI=1S/C18H29NO/c1-6-18(13-12-16-10-8-7-9-11-16)19(5)17(3,4)14-15(2)20-18/h7-11,15H,6,12-14H2,1-5H3. The molecule has 20 heavy (non-hydrogen) atoms. The molecule has 0 amide bonds. The molecule has 112 valence electrons. The Balaban J connectivity index is 2.15. The average molecular weight is 275 g/mol. The maximum atomic E-state index is 6.42. The molecule has 1 aromatic carbocycles. The fourth-order valence-corrected chi connectivity index (χ4v) is 3.60. The van der Waals surface area contributed by atoms with Crippen molar-refractivity contribution in [1.82, 2.24) is 4.90 Å². The Morgan fingerprint density at radius 2 is 1.90 bits per heavy atom. The Kier molecular flexibility index (Phi) is 4.55. The van der Waals surface area contributed by atoms with E-state index in [2.05, 4.69) is 70.0 Å². The van der Waals surface area contributed by atoms with Gasteiger partial charge in [-0.25, -0.2) is 0 Å². The van der Waals surface area contributed by atoms with E-state index in [-0.39, 0.29) is 11.3 Å². The SMILES string of the molecule is CCC1(CCc2ccccc2)OC(C)CC(C)(C)N1C. The van der Waals surface area contributed by atoms with Crippen molar-refractivity contribution in [3.8, 4) is 0 Å². The van der Waals surface area contributed by atoms with Crippen molar-refractivity contribution in [2.45, 2.75) is 70.7 Å². The third-order valence-electron chi connectivity index (χ3n) is 4.93. The molecule has 2 heteroatoms. The van der Waals surface area contributed by atoms with Crippen molar-refractivity contribution in [1.29, 1.82) is 0 Å². The molecule has 0 N–H and O–H groups in total. The zero-order valence-corrected chi connectivity index (χ0v) is 13.6. The second-order valence-electron chi connectivity index (χ2n) is 6.79. The van der Waals surface area contributed by atoms with Gasteiger partial charge in [-0.1, -0.05) is 37.3 Å². The monoisotopic (exact) mass is 275 g/mol. The van der Waals surface area contributed by atoms with Gasteiger partial charge >= 0.3 is 0 Å². The second kappa shape index (κ2) is 5.87. The summed E-state index contributed by atoms with van der Waals surface area (Å²) >= 11 is 0. The highest BCUT2D eigenvalue weighted by molar-refractivity contribution is 5.15. The van der Waals surface area contributed by atoms with Crippen molar-refractivity contribution in [2.75, 3.05) is 7.05 Å². The first kappa shape index (κ1) is 15.5. The smallest absolute Gasteiger partial charge is 0.122 e. The molecule has 0 bridgehead atoms. The van der Waals surface area contributed by atoms with Gasteiger partial charge in [-0.15, -0.1) is 0 Å². The van der Waals surface area contributed by atoms with Crippen LogP contribution >= 0.6 is 0 Å². The van der Waals surface area contributed by atoms with Gasteiger partial charge in [0.2, 0.25) is 0 Å². The lowest BCUT2D eigenvalue weighted by atomic mass is 9.86. The number of benzene rings is 1. The van der Waals surface area contributed by atoms with Gasteiger partial charge in [0.05, 0.1) is 6.10 Å². The van der Waals surface area contributed by atoms with Crippen LogP contribution in [0, 0.1) is 0 Å². The highest BCUT2D eigenvalue weighted by Gasteiger charge is 2.46. The van der Waals surface area contributed by atoms with E-state index in [4.69, 9.17) is 4.74 Å². The molecule has 2 nitrogen and oxygen atoms in total. The largest absolute Gasteiger partial charge is 0.357 e. The third-order valence-corrected chi connectivity index (χ3v) is 4.93. The van der Waals surface area contributed by atoms with Gasteiger partial charge in [-0.2, -0.15) is 0 Å². The Bertz CT molecular complexity index is 428. The first-order chi connectivity index (χ1) is 9.39. The van der Waals surface area contributed by atoms with E-state index in [1.54, 1.807) is 0 Å². The van der Waals surface area contributed by atoms with Crippen molar-refractivity contribution in [3.05, 3.63) is 35.9 Å². The van der Waals surface area contributed by atoms with Crippen LogP contribution in [0.15, 0.2) is 30.3 Å². The summed E-state index contributed by atoms with van der Waals surface area (Å²) in [5, 5.41) is 0. The van der Waals surface area contributed by atoms with Crippen LogP contribution in [0.1, 0.15) is 52.5 Å². The summed E-state index contributed by atoms with van der Waals surface area (Å²) < 4.78 is 6.42. The molecule has 2 unspecified atom stereocenters. The molecular weight excluding hydrogens is 246 g/mol. The van der Waals surface area contributed by atoms with Gasteiger partial charge in [-0.05, 0) is 59.1 Å². The molecule has 1 aliphatic heterocycles. The molecule has 1 fully saturated rings. The van der Waals surface area contributed by atoms with Gasteiger partial charge in [0, 0.05) is 5.54 Å². The number of hydrogen-bond acceptors (Lipinski definition) is 2. The number of hydrogen-bond donors (Lipinski definition) is 0. The first-order valence-electron chi connectivity index (χ1n) is 7.85. The van der Waals surface area contributed by atoms with Crippen LogP contribution in [0.25, 0.3) is 0 Å². The number of nitrogens with zero attached hydrogens (tertiary/aromatic N) is 1. The maximum Gasteiger partial charge on any atom is 0.122 e. The summed E-state index contributed by atoms with van der Waals surface area (Å²) in [5.41, 5.74) is 1.47. The summed E-state index contributed by atoms with van der Waals surface area (Å²) in [7, 11) is 2.22. The van der Waals surface area contributed by atoms with Gasteiger partial charge in [0.1, 0.15) is 5.72 Å². The van der Waals surface area contributed by atoms with Gasteiger partial charge in [0.25, 0.3) is 0 Å². The summed E-state index contributed by atoms with van der Waals surface area (Å²) in [6.07, 6.45) is 4.58. The third kappa shape index (κ3) is 3.07. The Morgan fingerprint density at radius 1 is 1.25 bits per heavy atom. The average Bonchev–Trinajstić information content (AvgIpc) is 2.42. The van der Waals surface area contributed by atoms with E-state index in [0.717, 1.165) is 25.7 Å². The first-order valence-corrected chi connectivity index (χ1v) is 7.85. The minimum atomic E-state index is -0.128. The summed E-state index contributed by atoms with van der Waals surface area (Å²) in [6, 6.07) is 10.7. The van der Waals surface area contributed by atoms with Crippen LogP contribution in [0.2, 0.25) is 0 Å². The molecule has 1 aliphatic rings. The zero-order chi connectivity index (χ0) is 14.8. The summed E-state index contributed by atoms with van der Waals surface area (Å²) in [6.45, 7) is 9.12. The molecular formula is C18H29NO. The van der Waals surface area contributed by atoms with Crippen LogP contribution in [0.3, 0.4) is 0 Å². The minimum absolute atomic E-state index is 0.128. The minimum Gasteiger partial charge on any atom is -0.357 e. The molecule has 1 saturated heterocycles. The van der Waals surface area contributed by atoms with Crippen molar-refractivity contribution >= 4 is 0 Å². The second-order valence-corrected chi connectivity index (χ2v) is 6.79. The fourth-order valence-electron chi connectivity index (χ4n) is 3.60. The molecule has 1 heterocycles. The topological polar surface area (TPSA) is 12.5 Å². The zero-order valence-electron chi connectivity index (χ0n) is 13.6. The van der Waals surface area contributed by atoms with Gasteiger partial charge in [0.15, 0.2) is 0 Å². The molecule has 0 aromatic heterocycles. The van der Waals surface area contributed by atoms with E-state index in [9.17, 15) is 0 Å². The van der Waals surface area contributed by atoms with E-state index in [1.165, 1.54) is 5.56 Å². The van der Waals surface area contributed by atoms with Crippen LogP contribution in [-0.2, 0) is 11.2 Å². The fraction of sp³-hybridized carbons (Fsp3) is 0.667. The lowest BCUT2D eigenvalue weighted by Crippen LogP contribution is -2.63. The van der Waals surface area contributed by atoms with E-state index >= 15 is 0 Å². The van der Waals surface area contributed by atoms with Gasteiger partial charge in [-0.3, -0.25) is 4.90 Å². The van der Waals surface area contributed by atoms with E-state index in [1.807, 2.05) is 0 Å². The quantitative estimate of drug-likeness (QED) is 0.814. The molecule has 2 atom stereocenters. The summed E-state index contributed by atoms with van der Waals surface area (Å²) in [5.74, 6) is 0. The normalized spacial score (nSPS) is 30.4. The summed E-state index contributed by atoms with van der Waals surface area (Å²) in [4.78, 5) is 2.46. The number of rotatable bonds is 4. The lowest BCUT2D eigenvalue weighted by molar-refractivity contribution is -0.251. The number of ether oxygens (including phenoxy) is 1. The molecule has 2 rings (SSSR count). The maximum absolute atomic E-state index is 6.42. The Morgan fingerprint density at radius 3 is 2.50 bits per heavy atom. The highest BCUT2D eigenvalue weighted by atomic mass is 16.5. The van der Waals surface area contributed by atoms with E-state index < -0.39 is 0 Å². The molecule has 1 aromatic rings. The Hall–Kier alpha value is -0.860. The molecule has 0 spiro atoms. The Labute approximate surface area is 124 Å². The van der Waals surface area contributed by atoms with Crippen LogP contribution < -0.4 is 0 Å². The van der Waals surface area contributed by atoms with Crippen LogP contribution in [0.5, 0.6) is 0 Å². The predicted octanol–water partition coefficient (Wildman–Crippen LogP) is 4.24. The van der Waals surface area contributed by atoms with Crippen molar-refractivity contribution < 1.29 is 4.74 Å².